The van der Waals surface area contributed by atoms with Crippen molar-refractivity contribution in [3.8, 4) is 11.4 Å². The van der Waals surface area contributed by atoms with E-state index in [0.717, 1.165) is 60.7 Å². The standard InChI is InChI=1S/C25H30N8O/c1-17-21-22(24(28)33(23(21)27)19-7-9-20(10-8-19)34-16-26)25(30-29-17)32-13-11-31(12-14-32)15-18-5-3-2-4-6-18/h2-10H,11-16,26-28H2,1H3. The van der Waals surface area contributed by atoms with Gasteiger partial charge in [-0.05, 0) is 36.8 Å². The lowest BCUT2D eigenvalue weighted by Gasteiger charge is -2.35. The fraction of sp³-hybridized carbons (Fsp3) is 0.280. The average Bonchev–Trinajstić information content (AvgIpc) is 3.12. The van der Waals surface area contributed by atoms with Crippen LogP contribution in [0.3, 0.4) is 0 Å². The molecule has 1 saturated heterocycles. The third-order valence-electron chi connectivity index (χ3n) is 6.39. The van der Waals surface area contributed by atoms with E-state index in [0.29, 0.717) is 17.4 Å². The maximum Gasteiger partial charge on any atom is 0.163 e. The van der Waals surface area contributed by atoms with Gasteiger partial charge < -0.3 is 21.1 Å². The summed E-state index contributed by atoms with van der Waals surface area (Å²) in [5.74, 6) is 2.58. The van der Waals surface area contributed by atoms with Gasteiger partial charge in [-0.1, -0.05) is 30.3 Å². The minimum atomic E-state index is 0.121. The number of ether oxygens (including phenoxy) is 1. The molecule has 5 rings (SSSR count). The molecule has 1 fully saturated rings. The monoisotopic (exact) mass is 458 g/mol. The molecular formula is C25H30N8O. The van der Waals surface area contributed by atoms with Crippen LogP contribution in [-0.2, 0) is 6.54 Å². The first-order valence-corrected chi connectivity index (χ1v) is 11.4. The van der Waals surface area contributed by atoms with Gasteiger partial charge in [0.15, 0.2) is 5.82 Å². The number of aromatic nitrogens is 3. The molecule has 1 aliphatic rings. The van der Waals surface area contributed by atoms with E-state index in [1.54, 1.807) is 0 Å². The molecule has 0 saturated carbocycles. The van der Waals surface area contributed by atoms with Crippen LogP contribution in [0.4, 0.5) is 17.5 Å². The van der Waals surface area contributed by atoms with Gasteiger partial charge in [-0.3, -0.25) is 15.2 Å². The minimum absolute atomic E-state index is 0.121. The van der Waals surface area contributed by atoms with Crippen molar-refractivity contribution in [1.29, 1.82) is 0 Å². The van der Waals surface area contributed by atoms with E-state index in [-0.39, 0.29) is 6.73 Å². The molecule has 9 heteroatoms. The quantitative estimate of drug-likeness (QED) is 0.377. The summed E-state index contributed by atoms with van der Waals surface area (Å²) in [5, 5.41) is 10.7. The molecular weight excluding hydrogens is 428 g/mol. The molecule has 1 aliphatic heterocycles. The maximum absolute atomic E-state index is 6.70. The third kappa shape index (κ3) is 4.00. The molecule has 2 aromatic heterocycles. The van der Waals surface area contributed by atoms with Crippen LogP contribution in [0.15, 0.2) is 54.6 Å². The molecule has 0 atom stereocenters. The first-order valence-electron chi connectivity index (χ1n) is 11.4. The van der Waals surface area contributed by atoms with Crippen molar-refractivity contribution in [2.75, 3.05) is 49.3 Å². The Bertz CT molecular complexity index is 1280. The summed E-state index contributed by atoms with van der Waals surface area (Å²) in [7, 11) is 0. The molecule has 0 radical (unpaired) electrons. The van der Waals surface area contributed by atoms with Crippen LogP contribution < -0.4 is 26.8 Å². The van der Waals surface area contributed by atoms with E-state index in [4.69, 9.17) is 21.9 Å². The predicted octanol–water partition coefficient (Wildman–Crippen LogP) is 2.51. The lowest BCUT2D eigenvalue weighted by Crippen LogP contribution is -2.46. The number of aryl methyl sites for hydroxylation is 1. The third-order valence-corrected chi connectivity index (χ3v) is 6.39. The highest BCUT2D eigenvalue weighted by atomic mass is 16.5. The van der Waals surface area contributed by atoms with Crippen molar-refractivity contribution in [2.24, 2.45) is 5.73 Å². The second kappa shape index (κ2) is 9.20. The van der Waals surface area contributed by atoms with Crippen molar-refractivity contribution in [3.63, 3.8) is 0 Å². The van der Waals surface area contributed by atoms with E-state index >= 15 is 0 Å². The molecule has 2 aromatic carbocycles. The normalized spacial score (nSPS) is 14.6. The Morgan fingerprint density at radius 2 is 1.53 bits per heavy atom. The first-order chi connectivity index (χ1) is 16.6. The highest BCUT2D eigenvalue weighted by Crippen LogP contribution is 2.39. The lowest BCUT2D eigenvalue weighted by molar-refractivity contribution is 0.249. The Morgan fingerprint density at radius 1 is 0.853 bits per heavy atom. The van der Waals surface area contributed by atoms with Gasteiger partial charge in [0.2, 0.25) is 0 Å². The van der Waals surface area contributed by atoms with Crippen molar-refractivity contribution < 1.29 is 4.74 Å². The summed E-state index contributed by atoms with van der Waals surface area (Å²) >= 11 is 0. The number of nitrogens with zero attached hydrogens (tertiary/aromatic N) is 5. The van der Waals surface area contributed by atoms with Gasteiger partial charge in [0.05, 0.1) is 16.5 Å². The molecule has 3 heterocycles. The Balaban J connectivity index is 1.45. The number of anilines is 3. The van der Waals surface area contributed by atoms with Crippen LogP contribution in [0.2, 0.25) is 0 Å². The number of hydrogen-bond donors (Lipinski definition) is 3. The Morgan fingerprint density at radius 3 is 2.21 bits per heavy atom. The van der Waals surface area contributed by atoms with Crippen LogP contribution in [-0.4, -0.2) is 52.6 Å². The van der Waals surface area contributed by atoms with Gasteiger partial charge in [0.1, 0.15) is 24.1 Å². The number of piperazine rings is 1. The summed E-state index contributed by atoms with van der Waals surface area (Å²) < 4.78 is 7.20. The van der Waals surface area contributed by atoms with Crippen molar-refractivity contribution >= 4 is 28.2 Å². The zero-order chi connectivity index (χ0) is 23.7. The van der Waals surface area contributed by atoms with Gasteiger partial charge in [0.25, 0.3) is 0 Å². The SMILES string of the molecule is Cc1nnc(N2CCN(Cc3ccccc3)CC2)c2c(N)n(-c3ccc(OCN)cc3)c(N)c12. The van der Waals surface area contributed by atoms with Crippen molar-refractivity contribution in [2.45, 2.75) is 13.5 Å². The molecule has 0 unspecified atom stereocenters. The van der Waals surface area contributed by atoms with Crippen molar-refractivity contribution in [3.05, 3.63) is 65.9 Å². The average molecular weight is 459 g/mol. The molecule has 34 heavy (non-hydrogen) atoms. The van der Waals surface area contributed by atoms with Crippen molar-refractivity contribution in [1.82, 2.24) is 19.7 Å². The van der Waals surface area contributed by atoms with E-state index < -0.39 is 0 Å². The van der Waals surface area contributed by atoms with E-state index in [1.165, 1.54) is 5.56 Å². The largest absolute Gasteiger partial charge is 0.479 e. The molecule has 0 bridgehead atoms. The topological polar surface area (TPSA) is 124 Å². The molecule has 4 aromatic rings. The van der Waals surface area contributed by atoms with Gasteiger partial charge in [-0.15, -0.1) is 5.10 Å². The van der Waals surface area contributed by atoms with Gasteiger partial charge >= 0.3 is 0 Å². The van der Waals surface area contributed by atoms with Crippen LogP contribution in [0, 0.1) is 6.92 Å². The lowest BCUT2D eigenvalue weighted by atomic mass is 10.1. The molecule has 0 aliphatic carbocycles. The zero-order valence-electron chi connectivity index (χ0n) is 19.3. The van der Waals surface area contributed by atoms with Gasteiger partial charge in [-0.25, -0.2) is 0 Å². The van der Waals surface area contributed by atoms with Crippen LogP contribution in [0.25, 0.3) is 16.5 Å². The maximum atomic E-state index is 6.70. The summed E-state index contributed by atoms with van der Waals surface area (Å²) in [6.45, 7) is 6.53. The summed E-state index contributed by atoms with van der Waals surface area (Å²) in [5.41, 5.74) is 21.7. The Hall–Kier alpha value is -3.82. The Kier molecular flexibility index (Phi) is 5.95. The minimum Gasteiger partial charge on any atom is -0.479 e. The predicted molar refractivity (Wildman–Crippen MR) is 136 cm³/mol. The molecule has 0 spiro atoms. The molecule has 9 nitrogen and oxygen atoms in total. The van der Waals surface area contributed by atoms with E-state index in [9.17, 15) is 0 Å². The van der Waals surface area contributed by atoms with E-state index in [2.05, 4.69) is 44.3 Å². The zero-order valence-corrected chi connectivity index (χ0v) is 19.3. The van der Waals surface area contributed by atoms with Crippen LogP contribution in [0.5, 0.6) is 5.75 Å². The summed E-state index contributed by atoms with van der Waals surface area (Å²) in [6.07, 6.45) is 0. The number of nitrogen functional groups attached to an aromatic ring is 2. The van der Waals surface area contributed by atoms with Gasteiger partial charge in [-0.2, -0.15) is 5.10 Å². The fourth-order valence-electron chi connectivity index (χ4n) is 4.67. The molecule has 0 amide bonds. The van der Waals surface area contributed by atoms with Crippen LogP contribution in [0.1, 0.15) is 11.3 Å². The summed E-state index contributed by atoms with van der Waals surface area (Å²) in [4.78, 5) is 4.72. The van der Waals surface area contributed by atoms with E-state index in [1.807, 2.05) is 41.8 Å². The number of rotatable bonds is 6. The number of hydrogen-bond acceptors (Lipinski definition) is 8. The highest BCUT2D eigenvalue weighted by molar-refractivity contribution is 6.09. The highest BCUT2D eigenvalue weighted by Gasteiger charge is 2.26. The Labute approximate surface area is 198 Å². The smallest absolute Gasteiger partial charge is 0.163 e. The number of benzene rings is 2. The second-order valence-electron chi connectivity index (χ2n) is 8.52. The second-order valence-corrected chi connectivity index (χ2v) is 8.52. The number of nitrogens with two attached hydrogens (primary N) is 3. The molecule has 176 valence electrons. The van der Waals surface area contributed by atoms with Gasteiger partial charge in [0, 0.05) is 38.4 Å². The van der Waals surface area contributed by atoms with Crippen LogP contribution >= 0.6 is 0 Å². The molecule has 6 N–H and O–H groups in total. The number of fused-ring (bicyclic) bond motifs is 1. The first kappa shape index (κ1) is 22.0. The summed E-state index contributed by atoms with van der Waals surface area (Å²) in [6, 6.07) is 18.1. The fourth-order valence-corrected chi connectivity index (χ4v) is 4.67.